The Morgan fingerprint density at radius 3 is 3.00 bits per heavy atom. The Morgan fingerprint density at radius 2 is 2.29 bits per heavy atom. The van der Waals surface area contributed by atoms with Gasteiger partial charge in [-0.1, -0.05) is 19.4 Å². The van der Waals surface area contributed by atoms with Crippen molar-refractivity contribution in [1.82, 2.24) is 10.6 Å². The van der Waals surface area contributed by atoms with Crippen molar-refractivity contribution in [3.8, 4) is 5.75 Å². The van der Waals surface area contributed by atoms with Crippen LogP contribution in [0.3, 0.4) is 0 Å². The zero-order valence-electron chi connectivity index (χ0n) is 13.2. The molecule has 0 aromatic heterocycles. The maximum atomic E-state index is 12.3. The van der Waals surface area contributed by atoms with Crippen LogP contribution in [0.2, 0.25) is 0 Å². The van der Waals surface area contributed by atoms with E-state index in [0.717, 1.165) is 24.3 Å². The minimum atomic E-state index is -0.0319. The quantitative estimate of drug-likeness (QED) is 0.876. The molecular formula is C17H26N2O2. The lowest BCUT2D eigenvalue weighted by atomic mass is 9.88. The number of ether oxygens (including phenoxy) is 1. The molecule has 0 aliphatic carbocycles. The molecule has 1 fully saturated rings. The summed E-state index contributed by atoms with van der Waals surface area (Å²) in [6.07, 6.45) is 3.65. The average molecular weight is 290 g/mol. The highest BCUT2D eigenvalue weighted by atomic mass is 16.5. The van der Waals surface area contributed by atoms with Crippen LogP contribution in [0.5, 0.6) is 5.75 Å². The number of aryl methyl sites for hydroxylation is 1. The van der Waals surface area contributed by atoms with Crippen molar-refractivity contribution in [3.63, 3.8) is 0 Å². The highest BCUT2D eigenvalue weighted by molar-refractivity contribution is 5.94. The molecule has 1 aromatic rings. The van der Waals surface area contributed by atoms with Crippen molar-refractivity contribution in [1.29, 1.82) is 0 Å². The summed E-state index contributed by atoms with van der Waals surface area (Å²) >= 11 is 0. The average Bonchev–Trinajstić information content (AvgIpc) is 2.53. The van der Waals surface area contributed by atoms with Crippen molar-refractivity contribution in [2.45, 2.75) is 39.2 Å². The standard InChI is InChI=1S/C17H26N2O2/c1-4-13-6-5-9-18-15(13)11-19-17(20)14-8-7-12(2)16(10-14)21-3/h7-8,10,13,15,18H,4-6,9,11H2,1-3H3,(H,19,20). The zero-order valence-corrected chi connectivity index (χ0v) is 13.2. The first kappa shape index (κ1) is 15.8. The Kier molecular flexibility index (Phi) is 5.62. The first-order valence-corrected chi connectivity index (χ1v) is 7.82. The third-order valence-electron chi connectivity index (χ3n) is 4.40. The van der Waals surface area contributed by atoms with Crippen LogP contribution < -0.4 is 15.4 Å². The lowest BCUT2D eigenvalue weighted by Crippen LogP contribution is -2.48. The van der Waals surface area contributed by atoms with Gasteiger partial charge in [0.2, 0.25) is 0 Å². The van der Waals surface area contributed by atoms with Gasteiger partial charge in [0.05, 0.1) is 7.11 Å². The summed E-state index contributed by atoms with van der Waals surface area (Å²) in [5.74, 6) is 1.38. The predicted molar refractivity (Wildman–Crippen MR) is 84.9 cm³/mol. The minimum Gasteiger partial charge on any atom is -0.496 e. The maximum absolute atomic E-state index is 12.3. The molecule has 116 valence electrons. The summed E-state index contributed by atoms with van der Waals surface area (Å²) in [5, 5.41) is 6.57. The number of rotatable bonds is 5. The van der Waals surface area contributed by atoms with Gasteiger partial charge in [-0.3, -0.25) is 4.79 Å². The SMILES string of the molecule is CCC1CCCNC1CNC(=O)c1ccc(C)c(OC)c1. The van der Waals surface area contributed by atoms with Gasteiger partial charge in [-0.25, -0.2) is 0 Å². The first-order chi connectivity index (χ1) is 10.2. The van der Waals surface area contributed by atoms with Crippen molar-refractivity contribution in [2.24, 2.45) is 5.92 Å². The Hall–Kier alpha value is -1.55. The van der Waals surface area contributed by atoms with Gasteiger partial charge in [-0.05, 0) is 49.9 Å². The van der Waals surface area contributed by atoms with E-state index in [1.807, 2.05) is 19.1 Å². The monoisotopic (exact) mass is 290 g/mol. The minimum absolute atomic E-state index is 0.0319. The number of piperidine rings is 1. The van der Waals surface area contributed by atoms with Gasteiger partial charge < -0.3 is 15.4 Å². The van der Waals surface area contributed by atoms with Gasteiger partial charge in [0.15, 0.2) is 0 Å². The molecule has 1 heterocycles. The van der Waals surface area contributed by atoms with Gasteiger partial charge in [-0.2, -0.15) is 0 Å². The molecule has 1 amide bonds. The summed E-state index contributed by atoms with van der Waals surface area (Å²) in [4.78, 5) is 12.3. The normalized spacial score (nSPS) is 21.9. The van der Waals surface area contributed by atoms with Crippen LogP contribution in [0.15, 0.2) is 18.2 Å². The van der Waals surface area contributed by atoms with Crippen LogP contribution in [0.4, 0.5) is 0 Å². The summed E-state index contributed by atoms with van der Waals surface area (Å²) < 4.78 is 5.27. The highest BCUT2D eigenvalue weighted by Gasteiger charge is 2.23. The van der Waals surface area contributed by atoms with E-state index in [-0.39, 0.29) is 5.91 Å². The Morgan fingerprint density at radius 1 is 1.48 bits per heavy atom. The lowest BCUT2D eigenvalue weighted by Gasteiger charge is -2.32. The molecule has 0 bridgehead atoms. The second-order valence-corrected chi connectivity index (χ2v) is 5.77. The summed E-state index contributed by atoms with van der Waals surface area (Å²) in [6.45, 7) is 5.93. The van der Waals surface area contributed by atoms with E-state index in [9.17, 15) is 4.79 Å². The van der Waals surface area contributed by atoms with Crippen LogP contribution in [0.1, 0.15) is 42.1 Å². The van der Waals surface area contributed by atoms with Crippen molar-refractivity contribution in [3.05, 3.63) is 29.3 Å². The van der Waals surface area contributed by atoms with E-state index in [4.69, 9.17) is 4.74 Å². The van der Waals surface area contributed by atoms with Crippen molar-refractivity contribution >= 4 is 5.91 Å². The fraction of sp³-hybridized carbons (Fsp3) is 0.588. The molecule has 1 aliphatic rings. The molecule has 2 N–H and O–H groups in total. The van der Waals surface area contributed by atoms with Crippen LogP contribution in [-0.2, 0) is 0 Å². The smallest absolute Gasteiger partial charge is 0.251 e. The Labute approximate surface area is 127 Å². The van der Waals surface area contributed by atoms with Crippen LogP contribution >= 0.6 is 0 Å². The topological polar surface area (TPSA) is 50.4 Å². The van der Waals surface area contributed by atoms with Crippen LogP contribution in [-0.4, -0.2) is 32.1 Å². The number of carbonyl (C=O) groups excluding carboxylic acids is 1. The number of carbonyl (C=O) groups is 1. The number of amides is 1. The molecule has 1 saturated heterocycles. The van der Waals surface area contributed by atoms with E-state index in [1.165, 1.54) is 12.8 Å². The highest BCUT2D eigenvalue weighted by Crippen LogP contribution is 2.20. The van der Waals surface area contributed by atoms with Gasteiger partial charge in [-0.15, -0.1) is 0 Å². The fourth-order valence-electron chi connectivity index (χ4n) is 3.01. The Bertz CT molecular complexity index is 488. The Balaban J connectivity index is 1.95. The van der Waals surface area contributed by atoms with E-state index in [2.05, 4.69) is 17.6 Å². The van der Waals surface area contributed by atoms with E-state index in [1.54, 1.807) is 13.2 Å². The molecule has 4 nitrogen and oxygen atoms in total. The predicted octanol–water partition coefficient (Wildman–Crippen LogP) is 2.51. The lowest BCUT2D eigenvalue weighted by molar-refractivity contribution is 0.0942. The molecule has 2 atom stereocenters. The van der Waals surface area contributed by atoms with E-state index >= 15 is 0 Å². The molecule has 4 heteroatoms. The molecule has 21 heavy (non-hydrogen) atoms. The summed E-state index contributed by atoms with van der Waals surface area (Å²) in [5.41, 5.74) is 1.69. The third kappa shape index (κ3) is 3.97. The first-order valence-electron chi connectivity index (χ1n) is 7.82. The summed E-state index contributed by atoms with van der Waals surface area (Å²) in [7, 11) is 1.63. The van der Waals surface area contributed by atoms with Gasteiger partial charge in [0, 0.05) is 18.2 Å². The molecule has 2 rings (SSSR count). The number of methoxy groups -OCH3 is 1. The molecule has 0 radical (unpaired) electrons. The van der Waals surface area contributed by atoms with Gasteiger partial charge >= 0.3 is 0 Å². The van der Waals surface area contributed by atoms with Crippen molar-refractivity contribution in [2.75, 3.05) is 20.2 Å². The number of hydrogen-bond acceptors (Lipinski definition) is 3. The number of nitrogens with one attached hydrogen (secondary N) is 2. The molecule has 1 aromatic carbocycles. The second kappa shape index (κ2) is 7.46. The third-order valence-corrected chi connectivity index (χ3v) is 4.40. The van der Waals surface area contributed by atoms with Crippen molar-refractivity contribution < 1.29 is 9.53 Å². The van der Waals surface area contributed by atoms with E-state index in [0.29, 0.717) is 24.1 Å². The molecule has 0 saturated carbocycles. The largest absolute Gasteiger partial charge is 0.496 e. The van der Waals surface area contributed by atoms with Crippen LogP contribution in [0.25, 0.3) is 0 Å². The van der Waals surface area contributed by atoms with Gasteiger partial charge in [0.1, 0.15) is 5.75 Å². The summed E-state index contributed by atoms with van der Waals surface area (Å²) in [6, 6.07) is 5.95. The maximum Gasteiger partial charge on any atom is 0.251 e. The molecule has 1 aliphatic heterocycles. The number of hydrogen-bond donors (Lipinski definition) is 2. The molecule has 0 spiro atoms. The zero-order chi connectivity index (χ0) is 15.2. The molecule has 2 unspecified atom stereocenters. The molecular weight excluding hydrogens is 264 g/mol. The van der Waals surface area contributed by atoms with E-state index < -0.39 is 0 Å². The number of benzene rings is 1. The second-order valence-electron chi connectivity index (χ2n) is 5.77. The van der Waals surface area contributed by atoms with Gasteiger partial charge in [0.25, 0.3) is 5.91 Å². The van der Waals surface area contributed by atoms with Crippen LogP contribution in [0, 0.1) is 12.8 Å². The fourth-order valence-corrected chi connectivity index (χ4v) is 3.01.